The Balaban J connectivity index is 4.18. The van der Waals surface area contributed by atoms with Gasteiger partial charge in [0.25, 0.3) is 0 Å². The average Bonchev–Trinajstić information content (AvgIpc) is 3.26. The van der Waals surface area contributed by atoms with Crippen LogP contribution in [0.3, 0.4) is 0 Å². The van der Waals surface area contributed by atoms with E-state index in [9.17, 15) is 19.5 Å². The Hall–Kier alpha value is -2.45. The molecular formula is C56H103NO7. The normalized spacial score (nSPS) is 13.1. The first-order valence-electron chi connectivity index (χ1n) is 27.0. The second-order valence-corrected chi connectivity index (χ2v) is 19.4. The van der Waals surface area contributed by atoms with Crippen molar-refractivity contribution in [1.82, 2.24) is 0 Å². The molecule has 0 aromatic heterocycles. The van der Waals surface area contributed by atoms with E-state index in [-0.39, 0.29) is 42.7 Å². The number of ether oxygens (including phenoxy) is 3. The van der Waals surface area contributed by atoms with Gasteiger partial charge in [-0.3, -0.25) is 9.59 Å². The third kappa shape index (κ3) is 44.7. The summed E-state index contributed by atoms with van der Waals surface area (Å²) in [4.78, 5) is 37.1. The number of aliphatic carboxylic acids is 1. The number of unbranched alkanes of at least 4 members (excludes halogenated alkanes) is 29. The van der Waals surface area contributed by atoms with Crippen LogP contribution in [0.4, 0.5) is 0 Å². The first-order chi connectivity index (χ1) is 31.1. The van der Waals surface area contributed by atoms with Crippen LogP contribution in [0, 0.1) is 0 Å². The van der Waals surface area contributed by atoms with Gasteiger partial charge in [0, 0.05) is 19.3 Å². The number of esters is 2. The number of hydrogen-bond donors (Lipinski definition) is 0. The predicted molar refractivity (Wildman–Crippen MR) is 268 cm³/mol. The number of allylic oxidation sites excluding steroid dienone is 6. The van der Waals surface area contributed by atoms with Gasteiger partial charge in [-0.1, -0.05) is 224 Å². The second-order valence-electron chi connectivity index (χ2n) is 19.4. The summed E-state index contributed by atoms with van der Waals surface area (Å²) in [6, 6.07) is -0.725. The van der Waals surface area contributed by atoms with E-state index in [1.165, 1.54) is 161 Å². The zero-order chi connectivity index (χ0) is 47.0. The van der Waals surface area contributed by atoms with Gasteiger partial charge >= 0.3 is 11.9 Å². The smallest absolute Gasteiger partial charge is 0.306 e. The Kier molecular flexibility index (Phi) is 45.3. The van der Waals surface area contributed by atoms with Crippen molar-refractivity contribution in [2.75, 3.05) is 41.0 Å². The minimum atomic E-state index is -1.12. The molecular weight excluding hydrogens is 799 g/mol. The molecule has 0 bridgehead atoms. The van der Waals surface area contributed by atoms with Crippen LogP contribution in [0.25, 0.3) is 0 Å². The lowest BCUT2D eigenvalue weighted by atomic mass is 10.0. The fourth-order valence-electron chi connectivity index (χ4n) is 8.15. The molecule has 0 radical (unpaired) electrons. The van der Waals surface area contributed by atoms with Crippen molar-refractivity contribution in [3.63, 3.8) is 0 Å². The van der Waals surface area contributed by atoms with E-state index in [1.54, 1.807) is 0 Å². The molecule has 0 heterocycles. The van der Waals surface area contributed by atoms with Gasteiger partial charge in [0.05, 0.1) is 40.3 Å². The van der Waals surface area contributed by atoms with Crippen molar-refractivity contribution >= 4 is 17.9 Å². The highest BCUT2D eigenvalue weighted by molar-refractivity contribution is 5.70. The van der Waals surface area contributed by atoms with Crippen LogP contribution in [-0.4, -0.2) is 75.5 Å². The van der Waals surface area contributed by atoms with Gasteiger partial charge in [-0.15, -0.1) is 0 Å². The van der Waals surface area contributed by atoms with E-state index >= 15 is 0 Å². The maximum Gasteiger partial charge on any atom is 0.306 e. The monoisotopic (exact) mass is 902 g/mol. The largest absolute Gasteiger partial charge is 0.544 e. The number of rotatable bonds is 49. The van der Waals surface area contributed by atoms with Crippen LogP contribution in [0.2, 0.25) is 0 Å². The summed E-state index contributed by atoms with van der Waals surface area (Å²) in [5.74, 6) is -1.72. The topological polar surface area (TPSA) is 102 Å². The summed E-state index contributed by atoms with van der Waals surface area (Å²) in [6.45, 7) is 4.60. The zero-order valence-corrected chi connectivity index (χ0v) is 42.7. The lowest BCUT2D eigenvalue weighted by Gasteiger charge is -2.34. The summed E-state index contributed by atoms with van der Waals surface area (Å²) in [6.07, 6.45) is 56.0. The van der Waals surface area contributed by atoms with Crippen molar-refractivity contribution in [2.45, 2.75) is 264 Å². The highest BCUT2D eigenvalue weighted by Crippen LogP contribution is 2.17. The van der Waals surface area contributed by atoms with Gasteiger partial charge in [-0.05, 0) is 44.9 Å². The maximum absolute atomic E-state index is 12.8. The molecule has 2 atom stereocenters. The molecule has 0 aliphatic heterocycles. The summed E-state index contributed by atoms with van der Waals surface area (Å²) in [5, 5.41) is 11.7. The van der Waals surface area contributed by atoms with E-state index in [1.807, 2.05) is 21.1 Å². The molecule has 2 unspecified atom stereocenters. The van der Waals surface area contributed by atoms with Gasteiger partial charge in [-0.2, -0.15) is 0 Å². The van der Waals surface area contributed by atoms with Crippen LogP contribution in [-0.2, 0) is 28.6 Å². The van der Waals surface area contributed by atoms with Crippen molar-refractivity contribution in [1.29, 1.82) is 0 Å². The van der Waals surface area contributed by atoms with Crippen molar-refractivity contribution in [3.8, 4) is 0 Å². The molecule has 8 nitrogen and oxygen atoms in total. The summed E-state index contributed by atoms with van der Waals surface area (Å²) < 4.78 is 17.3. The molecule has 0 aliphatic carbocycles. The predicted octanol–water partition coefficient (Wildman–Crippen LogP) is 14.4. The highest BCUT2D eigenvalue weighted by Gasteiger charge is 2.25. The Bertz CT molecular complexity index is 1140. The number of carboxylic acid groups (broad SMARTS) is 1. The Morgan fingerprint density at radius 1 is 0.484 bits per heavy atom. The third-order valence-electron chi connectivity index (χ3n) is 12.3. The van der Waals surface area contributed by atoms with Gasteiger partial charge in [0.15, 0.2) is 6.10 Å². The Morgan fingerprint density at radius 2 is 0.875 bits per heavy atom. The highest BCUT2D eigenvalue weighted by atomic mass is 16.6. The molecule has 0 aromatic rings. The van der Waals surface area contributed by atoms with Gasteiger partial charge in [0.1, 0.15) is 12.6 Å². The Labute approximate surface area is 395 Å². The lowest BCUT2D eigenvalue weighted by Crippen LogP contribution is -2.55. The van der Waals surface area contributed by atoms with Crippen LogP contribution < -0.4 is 5.11 Å². The number of nitrogens with zero attached hydrogens (tertiary/aromatic N) is 1. The SMILES string of the molecule is CC/C=C/C/C=C/C/C=C/CCCCCCCCCCCCCC(=O)OC(COCCC(C(=O)[O-])[N+](C)(C)C)COC(=O)CCCCCCCCCCCCCCCCCCCCC. The quantitative estimate of drug-likeness (QED) is 0.0259. The molecule has 0 spiro atoms. The number of carbonyl (C=O) groups is 3. The van der Waals surface area contributed by atoms with Crippen LogP contribution in [0.5, 0.6) is 0 Å². The standard InChI is InChI=1S/C56H103NO7/c1-6-8-10-12-14-16-18-20-22-24-26-27-29-31-33-35-37-39-41-43-45-47-55(59)64-52(50-62-49-48-53(56(60)61)57(3,4)5)51-63-54(58)46-44-42-40-38-36-34-32-30-28-25-23-21-19-17-15-13-11-9-7-2/h8,10,14,16,20,22,52-53H,6-7,9,11-13,15,17-19,21,23-51H2,1-5H3/b10-8+,16-14+,22-20+. The number of carboxylic acids is 1. The summed E-state index contributed by atoms with van der Waals surface area (Å²) >= 11 is 0. The van der Waals surface area contributed by atoms with Gasteiger partial charge < -0.3 is 28.6 Å². The molecule has 0 rings (SSSR count). The van der Waals surface area contributed by atoms with Gasteiger partial charge in [0.2, 0.25) is 0 Å². The maximum atomic E-state index is 12.8. The molecule has 0 saturated carbocycles. The number of carbonyl (C=O) groups excluding carboxylic acids is 3. The van der Waals surface area contributed by atoms with Crippen molar-refractivity contribution < 1.29 is 38.2 Å². The fraction of sp³-hybridized carbons (Fsp3) is 0.839. The van der Waals surface area contributed by atoms with Crippen LogP contribution in [0.15, 0.2) is 36.5 Å². The van der Waals surface area contributed by atoms with Gasteiger partial charge in [-0.25, -0.2) is 0 Å². The fourth-order valence-corrected chi connectivity index (χ4v) is 8.15. The molecule has 0 amide bonds. The number of quaternary nitrogens is 1. The van der Waals surface area contributed by atoms with Crippen molar-refractivity contribution in [3.05, 3.63) is 36.5 Å². The molecule has 0 saturated heterocycles. The van der Waals surface area contributed by atoms with E-state index in [4.69, 9.17) is 14.2 Å². The van der Waals surface area contributed by atoms with Crippen LogP contribution >= 0.6 is 0 Å². The first kappa shape index (κ1) is 61.5. The molecule has 374 valence electrons. The molecule has 8 heteroatoms. The molecule has 0 fully saturated rings. The first-order valence-corrected chi connectivity index (χ1v) is 27.0. The minimum absolute atomic E-state index is 0.0433. The van der Waals surface area contributed by atoms with E-state index in [0.29, 0.717) is 12.8 Å². The number of likely N-dealkylation sites (N-methyl/N-ethyl adjacent to an activating group) is 1. The summed E-state index contributed by atoms with van der Waals surface area (Å²) in [5.41, 5.74) is 0. The zero-order valence-electron chi connectivity index (χ0n) is 42.7. The van der Waals surface area contributed by atoms with E-state index < -0.39 is 18.1 Å². The minimum Gasteiger partial charge on any atom is -0.544 e. The second kappa shape index (κ2) is 47.1. The molecule has 0 aromatic carbocycles. The van der Waals surface area contributed by atoms with Crippen molar-refractivity contribution in [2.24, 2.45) is 0 Å². The summed E-state index contributed by atoms with van der Waals surface area (Å²) in [7, 11) is 5.43. The average molecular weight is 902 g/mol. The molecule has 0 aliphatic rings. The molecule has 0 N–H and O–H groups in total. The third-order valence-corrected chi connectivity index (χ3v) is 12.3. The molecule has 64 heavy (non-hydrogen) atoms. The number of hydrogen-bond acceptors (Lipinski definition) is 7. The Morgan fingerprint density at radius 3 is 1.30 bits per heavy atom. The van der Waals surface area contributed by atoms with Crippen LogP contribution in [0.1, 0.15) is 251 Å². The van der Waals surface area contributed by atoms with E-state index in [0.717, 1.165) is 57.8 Å². The lowest BCUT2D eigenvalue weighted by molar-refractivity contribution is -0.889. The van der Waals surface area contributed by atoms with E-state index in [2.05, 4.69) is 50.3 Å².